The lowest BCUT2D eigenvalue weighted by atomic mass is 10.1. The van der Waals surface area contributed by atoms with Gasteiger partial charge in [-0.2, -0.15) is 0 Å². The van der Waals surface area contributed by atoms with Crippen LogP contribution in [0.3, 0.4) is 0 Å². The third kappa shape index (κ3) is 3.52. The van der Waals surface area contributed by atoms with E-state index < -0.39 is 0 Å². The van der Waals surface area contributed by atoms with Gasteiger partial charge in [-0.3, -0.25) is 0 Å². The second-order valence-corrected chi connectivity index (χ2v) is 4.09. The molecule has 0 atom stereocenters. The highest BCUT2D eigenvalue weighted by Gasteiger charge is 2.01. The van der Waals surface area contributed by atoms with E-state index in [1.54, 1.807) is 18.3 Å². The van der Waals surface area contributed by atoms with Gasteiger partial charge in [0.1, 0.15) is 17.5 Å². The Morgan fingerprint density at radius 2 is 1.94 bits per heavy atom. The van der Waals surface area contributed by atoms with E-state index >= 15 is 0 Å². The summed E-state index contributed by atoms with van der Waals surface area (Å²) in [6, 6.07) is 8.27. The van der Waals surface area contributed by atoms with Crippen molar-refractivity contribution in [3.05, 3.63) is 53.7 Å². The van der Waals surface area contributed by atoms with Crippen molar-refractivity contribution in [1.29, 1.82) is 0 Å². The van der Waals surface area contributed by atoms with E-state index in [-0.39, 0.29) is 5.82 Å². The SMILES string of the molecule is CCCNc1ccnc(Cc2ccc(F)cc2)n1. The van der Waals surface area contributed by atoms with Gasteiger partial charge in [-0.25, -0.2) is 14.4 Å². The van der Waals surface area contributed by atoms with Crippen molar-refractivity contribution in [3.63, 3.8) is 0 Å². The van der Waals surface area contributed by atoms with Crippen molar-refractivity contribution < 1.29 is 4.39 Å². The zero-order valence-electron chi connectivity index (χ0n) is 10.4. The zero-order valence-corrected chi connectivity index (χ0v) is 10.4. The summed E-state index contributed by atoms with van der Waals surface area (Å²) in [5.74, 6) is 1.35. The van der Waals surface area contributed by atoms with Gasteiger partial charge < -0.3 is 5.32 Å². The largest absolute Gasteiger partial charge is 0.370 e. The van der Waals surface area contributed by atoms with E-state index in [1.165, 1.54) is 12.1 Å². The van der Waals surface area contributed by atoms with E-state index in [2.05, 4.69) is 22.2 Å². The Morgan fingerprint density at radius 1 is 1.17 bits per heavy atom. The molecule has 0 radical (unpaired) electrons. The molecule has 4 heteroatoms. The van der Waals surface area contributed by atoms with Crippen molar-refractivity contribution in [3.8, 4) is 0 Å². The van der Waals surface area contributed by atoms with Gasteiger partial charge in [0.15, 0.2) is 0 Å². The molecule has 2 rings (SSSR count). The Hall–Kier alpha value is -1.97. The number of aromatic nitrogens is 2. The molecule has 0 aliphatic heterocycles. The Balaban J connectivity index is 2.06. The first-order valence-electron chi connectivity index (χ1n) is 6.08. The van der Waals surface area contributed by atoms with Crippen LogP contribution < -0.4 is 5.32 Å². The van der Waals surface area contributed by atoms with Crippen molar-refractivity contribution in [2.24, 2.45) is 0 Å². The predicted molar refractivity (Wildman–Crippen MR) is 70.0 cm³/mol. The van der Waals surface area contributed by atoms with Crippen molar-refractivity contribution in [1.82, 2.24) is 9.97 Å². The number of benzene rings is 1. The lowest BCUT2D eigenvalue weighted by Gasteiger charge is -2.05. The summed E-state index contributed by atoms with van der Waals surface area (Å²) in [7, 11) is 0. The normalized spacial score (nSPS) is 10.3. The van der Waals surface area contributed by atoms with Gasteiger partial charge in [0.05, 0.1) is 0 Å². The molecular weight excluding hydrogens is 229 g/mol. The smallest absolute Gasteiger partial charge is 0.135 e. The summed E-state index contributed by atoms with van der Waals surface area (Å²) < 4.78 is 12.8. The van der Waals surface area contributed by atoms with E-state index in [1.807, 2.05) is 6.07 Å². The number of anilines is 1. The van der Waals surface area contributed by atoms with Crippen molar-refractivity contribution in [2.75, 3.05) is 11.9 Å². The summed E-state index contributed by atoms with van der Waals surface area (Å²) in [6.07, 6.45) is 3.41. The van der Waals surface area contributed by atoms with Gasteiger partial charge in [-0.05, 0) is 30.2 Å². The average Bonchev–Trinajstić information content (AvgIpc) is 2.40. The molecule has 0 saturated carbocycles. The standard InChI is InChI=1S/C14H16FN3/c1-2-8-16-13-7-9-17-14(18-13)10-11-3-5-12(15)6-4-11/h3-7,9H,2,8,10H2,1H3,(H,16,17,18). The summed E-state index contributed by atoms with van der Waals surface area (Å²) >= 11 is 0. The van der Waals surface area contributed by atoms with Gasteiger partial charge in [0, 0.05) is 19.2 Å². The molecule has 18 heavy (non-hydrogen) atoms. The summed E-state index contributed by atoms with van der Waals surface area (Å²) in [6.45, 7) is 3.00. The lowest BCUT2D eigenvalue weighted by molar-refractivity contribution is 0.627. The molecule has 0 aliphatic carbocycles. The molecule has 0 aliphatic rings. The number of hydrogen-bond donors (Lipinski definition) is 1. The topological polar surface area (TPSA) is 37.8 Å². The van der Waals surface area contributed by atoms with Crippen molar-refractivity contribution >= 4 is 5.82 Å². The van der Waals surface area contributed by atoms with Gasteiger partial charge >= 0.3 is 0 Å². The van der Waals surface area contributed by atoms with E-state index in [0.717, 1.165) is 30.2 Å². The Labute approximate surface area is 106 Å². The predicted octanol–water partition coefficient (Wildman–Crippen LogP) is 3.03. The minimum Gasteiger partial charge on any atom is -0.370 e. The first-order valence-corrected chi connectivity index (χ1v) is 6.08. The van der Waals surface area contributed by atoms with Crippen LogP contribution in [-0.4, -0.2) is 16.5 Å². The molecule has 3 nitrogen and oxygen atoms in total. The number of hydrogen-bond acceptors (Lipinski definition) is 3. The first-order chi connectivity index (χ1) is 8.78. The van der Waals surface area contributed by atoms with E-state index in [4.69, 9.17) is 0 Å². The van der Waals surface area contributed by atoms with Crippen LogP contribution in [0.2, 0.25) is 0 Å². The molecule has 94 valence electrons. The zero-order chi connectivity index (χ0) is 12.8. The Morgan fingerprint density at radius 3 is 2.67 bits per heavy atom. The van der Waals surface area contributed by atoms with Crippen LogP contribution in [0.4, 0.5) is 10.2 Å². The molecule has 1 N–H and O–H groups in total. The molecule has 2 aromatic rings. The van der Waals surface area contributed by atoms with Gasteiger partial charge in [-0.1, -0.05) is 19.1 Å². The maximum atomic E-state index is 12.8. The van der Waals surface area contributed by atoms with Gasteiger partial charge in [-0.15, -0.1) is 0 Å². The van der Waals surface area contributed by atoms with Crippen LogP contribution in [0, 0.1) is 5.82 Å². The molecule has 1 aromatic carbocycles. The average molecular weight is 245 g/mol. The molecular formula is C14H16FN3. The molecule has 0 unspecified atom stereocenters. The maximum absolute atomic E-state index is 12.8. The van der Waals surface area contributed by atoms with Crippen LogP contribution in [0.5, 0.6) is 0 Å². The van der Waals surface area contributed by atoms with Crippen LogP contribution in [0.1, 0.15) is 24.7 Å². The molecule has 1 aromatic heterocycles. The van der Waals surface area contributed by atoms with Crippen LogP contribution in [0.25, 0.3) is 0 Å². The number of nitrogens with zero attached hydrogens (tertiary/aromatic N) is 2. The van der Waals surface area contributed by atoms with Crippen LogP contribution in [0.15, 0.2) is 36.5 Å². The van der Waals surface area contributed by atoms with Gasteiger partial charge in [0.25, 0.3) is 0 Å². The van der Waals surface area contributed by atoms with Crippen LogP contribution >= 0.6 is 0 Å². The fraction of sp³-hybridized carbons (Fsp3) is 0.286. The molecule has 1 heterocycles. The maximum Gasteiger partial charge on any atom is 0.135 e. The highest BCUT2D eigenvalue weighted by molar-refractivity contribution is 5.33. The third-order valence-corrected chi connectivity index (χ3v) is 2.54. The monoisotopic (exact) mass is 245 g/mol. The summed E-state index contributed by atoms with van der Waals surface area (Å²) in [4.78, 5) is 8.63. The van der Waals surface area contributed by atoms with Crippen LogP contribution in [-0.2, 0) is 6.42 Å². The minimum absolute atomic E-state index is 0.224. The number of halogens is 1. The van der Waals surface area contributed by atoms with E-state index in [0.29, 0.717) is 6.42 Å². The molecule has 0 saturated heterocycles. The second kappa shape index (κ2) is 6.10. The fourth-order valence-electron chi connectivity index (χ4n) is 1.62. The lowest BCUT2D eigenvalue weighted by Crippen LogP contribution is -2.05. The minimum atomic E-state index is -0.224. The summed E-state index contributed by atoms with van der Waals surface area (Å²) in [5.41, 5.74) is 1.00. The highest BCUT2D eigenvalue weighted by Crippen LogP contribution is 2.09. The Bertz CT molecular complexity index is 497. The Kier molecular flexibility index (Phi) is 4.23. The molecule has 0 amide bonds. The summed E-state index contributed by atoms with van der Waals surface area (Å²) in [5, 5.41) is 3.22. The van der Waals surface area contributed by atoms with Crippen molar-refractivity contribution in [2.45, 2.75) is 19.8 Å². The second-order valence-electron chi connectivity index (χ2n) is 4.09. The molecule has 0 bridgehead atoms. The first kappa shape index (κ1) is 12.5. The van der Waals surface area contributed by atoms with E-state index in [9.17, 15) is 4.39 Å². The number of rotatable bonds is 5. The third-order valence-electron chi connectivity index (χ3n) is 2.54. The van der Waals surface area contributed by atoms with Gasteiger partial charge in [0.2, 0.25) is 0 Å². The fourth-order valence-corrected chi connectivity index (χ4v) is 1.62. The molecule has 0 fully saturated rings. The quantitative estimate of drug-likeness (QED) is 0.879. The number of nitrogens with one attached hydrogen (secondary N) is 1. The highest BCUT2D eigenvalue weighted by atomic mass is 19.1. The molecule has 0 spiro atoms.